The van der Waals surface area contributed by atoms with E-state index in [2.05, 4.69) is 0 Å². The van der Waals surface area contributed by atoms with Crippen LogP contribution in [0.2, 0.25) is 0 Å². The molecule has 0 aromatic carbocycles. The van der Waals surface area contributed by atoms with Crippen LogP contribution in [0.4, 0.5) is 0 Å². The minimum Gasteiger partial charge on any atom is -0.196 e. The summed E-state index contributed by atoms with van der Waals surface area (Å²) < 4.78 is 0. The average molecular weight is 260 g/mol. The summed E-state index contributed by atoms with van der Waals surface area (Å²) in [5.41, 5.74) is -0.736. The number of rotatable bonds is 0. The molecule has 0 unspecified atom stereocenters. The van der Waals surface area contributed by atoms with E-state index in [1.165, 1.54) is 11.1 Å². The molecular weight excluding hydrogens is 248 g/mol. The highest BCUT2D eigenvalue weighted by molar-refractivity contribution is 5.52. The summed E-state index contributed by atoms with van der Waals surface area (Å²) in [4.78, 5) is 0. The smallest absolute Gasteiger partial charge is 0.182 e. The summed E-state index contributed by atoms with van der Waals surface area (Å²) in [6, 6.07) is 8.13. The summed E-state index contributed by atoms with van der Waals surface area (Å²) in [7, 11) is 0. The van der Waals surface area contributed by atoms with Crippen molar-refractivity contribution in [2.45, 2.75) is 13.8 Å². The fraction of sp³-hybridized carbons (Fsp3) is 0.500. The van der Waals surface area contributed by atoms with Gasteiger partial charge < -0.3 is 0 Å². The van der Waals surface area contributed by atoms with E-state index in [9.17, 15) is 21.0 Å². The number of nitriles is 4. The predicted molar refractivity (Wildman–Crippen MR) is 68.8 cm³/mol. The van der Waals surface area contributed by atoms with Crippen LogP contribution in [0.25, 0.3) is 0 Å². The summed E-state index contributed by atoms with van der Waals surface area (Å²) in [6.07, 6.45) is 3.75. The van der Waals surface area contributed by atoms with E-state index >= 15 is 0 Å². The van der Waals surface area contributed by atoms with Gasteiger partial charge in [0, 0.05) is 11.8 Å². The van der Waals surface area contributed by atoms with Gasteiger partial charge in [0.05, 0.1) is 24.3 Å². The van der Waals surface area contributed by atoms with Crippen LogP contribution < -0.4 is 0 Å². The first-order valence-electron chi connectivity index (χ1n) is 6.55. The Morgan fingerprint density at radius 3 is 1.30 bits per heavy atom. The zero-order valence-corrected chi connectivity index (χ0v) is 11.3. The molecule has 1 fully saturated rings. The van der Waals surface area contributed by atoms with Gasteiger partial charge in [0.1, 0.15) is 0 Å². The predicted octanol–water partition coefficient (Wildman–Crippen LogP) is 2.45. The topological polar surface area (TPSA) is 95.2 Å². The van der Waals surface area contributed by atoms with Crippen molar-refractivity contribution in [3.63, 3.8) is 0 Å². The Kier molecular flexibility index (Phi) is 2.19. The average Bonchev–Trinajstić information content (AvgIpc) is 2.52. The van der Waals surface area contributed by atoms with Gasteiger partial charge >= 0.3 is 0 Å². The Labute approximate surface area is 117 Å². The van der Waals surface area contributed by atoms with Gasteiger partial charge in [-0.2, -0.15) is 21.0 Å². The maximum Gasteiger partial charge on any atom is 0.182 e. The van der Waals surface area contributed by atoms with Crippen molar-refractivity contribution in [1.29, 1.82) is 21.0 Å². The highest BCUT2D eigenvalue weighted by Crippen LogP contribution is 2.69. The molecule has 1 saturated carbocycles. The summed E-state index contributed by atoms with van der Waals surface area (Å²) in [6.45, 7) is 4.04. The first-order valence-corrected chi connectivity index (χ1v) is 6.55. The molecule has 0 amide bonds. The summed E-state index contributed by atoms with van der Waals surface area (Å²) in [5.74, 6) is -0.482. The Balaban J connectivity index is 2.34. The van der Waals surface area contributed by atoms with Gasteiger partial charge in [-0.3, -0.25) is 0 Å². The molecule has 0 aromatic rings. The van der Waals surface area contributed by atoms with E-state index in [4.69, 9.17) is 0 Å². The molecule has 4 atom stereocenters. The molecule has 0 heterocycles. The molecule has 96 valence electrons. The second-order valence-corrected chi connectivity index (χ2v) is 5.92. The maximum absolute atomic E-state index is 9.62. The third kappa shape index (κ3) is 0.911. The Morgan fingerprint density at radius 2 is 1.05 bits per heavy atom. The number of nitrogens with zero attached hydrogens (tertiary/aromatic N) is 4. The Bertz CT molecular complexity index is 638. The van der Waals surface area contributed by atoms with E-state index in [1.807, 2.05) is 50.3 Å². The van der Waals surface area contributed by atoms with Crippen molar-refractivity contribution in [3.8, 4) is 24.3 Å². The van der Waals surface area contributed by atoms with Crippen LogP contribution >= 0.6 is 0 Å². The van der Waals surface area contributed by atoms with Crippen LogP contribution in [-0.2, 0) is 0 Å². The fourth-order valence-electron chi connectivity index (χ4n) is 4.49. The maximum atomic E-state index is 9.62. The molecule has 4 nitrogen and oxygen atoms in total. The highest BCUT2D eigenvalue weighted by Gasteiger charge is 2.73. The van der Waals surface area contributed by atoms with Crippen LogP contribution in [0.5, 0.6) is 0 Å². The standard InChI is InChI=1S/C16H12N4/c1-9-10(2)14-12-4-3-11(13(9)14)15(5-17,6-18)16(12,7-19)8-20/h3-4,11-14H,1-2H3/t11-,12-,13-,14+/m1/s1. The second-order valence-electron chi connectivity index (χ2n) is 5.92. The second kappa shape index (κ2) is 3.50. The summed E-state index contributed by atoms with van der Waals surface area (Å²) in [5, 5.41) is 38.5. The fourth-order valence-corrected chi connectivity index (χ4v) is 4.49. The van der Waals surface area contributed by atoms with Crippen molar-refractivity contribution < 1.29 is 0 Å². The molecule has 0 aromatic heterocycles. The van der Waals surface area contributed by atoms with E-state index in [1.54, 1.807) is 0 Å². The van der Waals surface area contributed by atoms with Crippen molar-refractivity contribution >= 4 is 0 Å². The van der Waals surface area contributed by atoms with E-state index in [0.717, 1.165) is 0 Å². The third-order valence-electron chi connectivity index (χ3n) is 5.64. The highest BCUT2D eigenvalue weighted by atomic mass is 14.7. The molecule has 0 spiro atoms. The molecule has 0 radical (unpaired) electrons. The minimum absolute atomic E-state index is 0.124. The Hall–Kier alpha value is -2.56. The van der Waals surface area contributed by atoms with Gasteiger partial charge in [0.15, 0.2) is 10.8 Å². The number of hydrogen-bond acceptors (Lipinski definition) is 4. The SMILES string of the molecule is CC1=C(C)[C@H]2[C@@H]1[C@H]1C=C[C@H]2C(C#N)(C#N)C1(C#N)C#N. The molecule has 4 rings (SSSR count). The number of allylic oxidation sites excluding steroid dienone is 4. The molecule has 4 heteroatoms. The lowest BCUT2D eigenvalue weighted by Gasteiger charge is -2.61. The lowest BCUT2D eigenvalue weighted by Crippen LogP contribution is -2.63. The van der Waals surface area contributed by atoms with Gasteiger partial charge in [-0.25, -0.2) is 0 Å². The van der Waals surface area contributed by atoms with Crippen molar-refractivity contribution in [2.75, 3.05) is 0 Å². The first kappa shape index (κ1) is 12.5. The van der Waals surface area contributed by atoms with Gasteiger partial charge in [0.25, 0.3) is 0 Å². The quantitative estimate of drug-likeness (QED) is 0.625. The van der Waals surface area contributed by atoms with Crippen LogP contribution in [0.15, 0.2) is 23.3 Å². The molecule has 0 saturated heterocycles. The van der Waals surface area contributed by atoms with Crippen LogP contribution in [0.3, 0.4) is 0 Å². The van der Waals surface area contributed by atoms with Crippen LogP contribution in [-0.4, -0.2) is 0 Å². The monoisotopic (exact) mass is 260 g/mol. The molecule has 20 heavy (non-hydrogen) atoms. The van der Waals surface area contributed by atoms with Gasteiger partial charge in [0.2, 0.25) is 0 Å². The molecule has 4 aliphatic rings. The van der Waals surface area contributed by atoms with Crippen molar-refractivity contribution in [1.82, 2.24) is 0 Å². The van der Waals surface area contributed by atoms with Crippen molar-refractivity contribution in [3.05, 3.63) is 23.3 Å². The van der Waals surface area contributed by atoms with Gasteiger partial charge in [-0.1, -0.05) is 23.3 Å². The normalized spacial score (nSPS) is 37.7. The van der Waals surface area contributed by atoms with Gasteiger partial charge in [-0.15, -0.1) is 0 Å². The van der Waals surface area contributed by atoms with E-state index in [-0.39, 0.29) is 23.7 Å². The number of hydrogen-bond donors (Lipinski definition) is 0. The molecule has 4 aliphatic carbocycles. The largest absolute Gasteiger partial charge is 0.196 e. The Morgan fingerprint density at radius 1 is 0.750 bits per heavy atom. The minimum atomic E-state index is -1.57. The molecule has 2 bridgehead atoms. The first-order chi connectivity index (χ1) is 9.54. The van der Waals surface area contributed by atoms with Crippen LogP contribution in [0, 0.1) is 79.8 Å². The lowest BCUT2D eigenvalue weighted by atomic mass is 9.36. The van der Waals surface area contributed by atoms with Gasteiger partial charge in [-0.05, 0) is 25.7 Å². The lowest BCUT2D eigenvalue weighted by molar-refractivity contribution is -0.00582. The zero-order chi connectivity index (χ0) is 14.7. The van der Waals surface area contributed by atoms with Crippen molar-refractivity contribution in [2.24, 2.45) is 34.5 Å². The van der Waals surface area contributed by atoms with E-state index in [0.29, 0.717) is 0 Å². The van der Waals surface area contributed by atoms with Crippen LogP contribution in [0.1, 0.15) is 13.8 Å². The molecule has 0 N–H and O–H groups in total. The summed E-state index contributed by atoms with van der Waals surface area (Å²) >= 11 is 0. The molecule has 0 aliphatic heterocycles. The van der Waals surface area contributed by atoms with E-state index < -0.39 is 10.8 Å². The third-order valence-corrected chi connectivity index (χ3v) is 5.64. The zero-order valence-electron chi connectivity index (χ0n) is 11.3. The number of fused-ring (bicyclic) bond motifs is 1. The molecular formula is C16H12N4.